The predicted octanol–water partition coefficient (Wildman–Crippen LogP) is 1.76. The van der Waals surface area contributed by atoms with Crippen LogP contribution < -0.4 is 10.6 Å². The number of thioether (sulfide) groups is 1. The number of nitrogens with zero attached hydrogens (tertiary/aromatic N) is 1. The second kappa shape index (κ2) is 15.2. The van der Waals surface area contributed by atoms with E-state index in [2.05, 4.69) is 15.4 Å². The van der Waals surface area contributed by atoms with E-state index in [1.807, 2.05) is 13.8 Å². The molecule has 0 saturated heterocycles. The number of hydrogen-bond acceptors (Lipinski definition) is 9. The number of benzene rings is 1. The van der Waals surface area contributed by atoms with Crippen molar-refractivity contribution in [2.75, 3.05) is 13.7 Å². The molecule has 2 rings (SSSR count). The molecule has 0 radical (unpaired) electrons. The number of nitrogens with one attached hydrogen (secondary N) is 2. The van der Waals surface area contributed by atoms with Gasteiger partial charge in [0.2, 0.25) is 11.8 Å². The van der Waals surface area contributed by atoms with Crippen molar-refractivity contribution in [2.24, 2.45) is 5.92 Å². The van der Waals surface area contributed by atoms with Crippen LogP contribution in [0.3, 0.4) is 0 Å². The minimum atomic E-state index is -1.37. The molecule has 1 aliphatic heterocycles. The first-order chi connectivity index (χ1) is 18.8. The molecule has 4 amide bonds. The highest BCUT2D eigenvalue weighted by Crippen LogP contribution is 2.24. The quantitative estimate of drug-likeness (QED) is 0.206. The van der Waals surface area contributed by atoms with Crippen molar-refractivity contribution in [2.45, 2.75) is 70.2 Å². The Morgan fingerprint density at radius 1 is 0.950 bits per heavy atom. The molecule has 0 bridgehead atoms. The fraction of sp³-hybridized carbons (Fsp3) is 0.519. The number of ether oxygens (including phenoxy) is 1. The normalized spacial score (nSPS) is 14.8. The van der Waals surface area contributed by atoms with E-state index in [4.69, 9.17) is 0 Å². The molecule has 0 aliphatic carbocycles. The van der Waals surface area contributed by atoms with E-state index in [1.165, 1.54) is 14.0 Å². The van der Waals surface area contributed by atoms with Gasteiger partial charge in [0, 0.05) is 19.9 Å². The summed E-state index contributed by atoms with van der Waals surface area (Å²) in [6.07, 6.45) is 0.138. The van der Waals surface area contributed by atoms with Crippen LogP contribution in [0.25, 0.3) is 0 Å². The van der Waals surface area contributed by atoms with Gasteiger partial charge in [0.05, 0.1) is 23.5 Å². The number of imide groups is 1. The largest absolute Gasteiger partial charge is 0.480 e. The summed E-state index contributed by atoms with van der Waals surface area (Å²) in [7, 11) is 1.17. The molecule has 1 aromatic rings. The number of amides is 4. The molecule has 3 atom stereocenters. The van der Waals surface area contributed by atoms with E-state index in [0.29, 0.717) is 11.1 Å². The van der Waals surface area contributed by atoms with Gasteiger partial charge in [-0.2, -0.15) is 0 Å². The Balaban J connectivity index is 2.06. The first kappa shape index (κ1) is 32.5. The molecule has 13 heteroatoms. The zero-order chi connectivity index (χ0) is 30.0. The van der Waals surface area contributed by atoms with Crippen molar-refractivity contribution >= 4 is 52.4 Å². The van der Waals surface area contributed by atoms with Gasteiger partial charge < -0.3 is 20.5 Å². The SMILES string of the molecule is COC(=O)CC[C@H](NC(=O)[C@H](CC(C)C)NC(=O)C(CCCN1C(=O)c2ccccc2C1=O)SC(C)=O)C(=O)O. The number of rotatable bonds is 15. The van der Waals surface area contributed by atoms with Crippen molar-refractivity contribution in [1.29, 1.82) is 0 Å². The first-order valence-corrected chi connectivity index (χ1v) is 13.8. The lowest BCUT2D eigenvalue weighted by Crippen LogP contribution is -2.53. The zero-order valence-electron chi connectivity index (χ0n) is 22.9. The van der Waals surface area contributed by atoms with Crippen molar-refractivity contribution < 1.29 is 43.4 Å². The monoisotopic (exact) mass is 577 g/mol. The van der Waals surface area contributed by atoms with Crippen molar-refractivity contribution in [3.05, 3.63) is 35.4 Å². The standard InChI is InChI=1S/C27H35N3O9S/c1-15(2)14-20(23(33)28-19(27(37)38)11-12-22(32)39-4)29-24(34)21(40-16(3)31)10-7-13-30-25(35)17-8-5-6-9-18(17)26(30)36/h5-6,8-9,15,19-21H,7,10-14H2,1-4H3,(H,28,33)(H,29,34)(H,37,38)/t19-,20-,21?/m0/s1. The van der Waals surface area contributed by atoms with Gasteiger partial charge in [-0.1, -0.05) is 37.7 Å². The number of carboxylic acid groups (broad SMARTS) is 1. The summed E-state index contributed by atoms with van der Waals surface area (Å²) in [6, 6.07) is 4.00. The summed E-state index contributed by atoms with van der Waals surface area (Å²) in [6.45, 7) is 4.99. The van der Waals surface area contributed by atoms with Crippen LogP contribution in [-0.2, 0) is 28.7 Å². The third kappa shape index (κ3) is 9.18. The van der Waals surface area contributed by atoms with Crippen LogP contribution in [-0.4, -0.2) is 81.7 Å². The van der Waals surface area contributed by atoms with Crippen LogP contribution in [0.5, 0.6) is 0 Å². The highest BCUT2D eigenvalue weighted by molar-refractivity contribution is 8.14. The maximum atomic E-state index is 13.2. The Hall–Kier alpha value is -3.74. The Morgan fingerprint density at radius 2 is 1.52 bits per heavy atom. The van der Waals surface area contributed by atoms with E-state index in [0.717, 1.165) is 16.7 Å². The summed E-state index contributed by atoms with van der Waals surface area (Å²) in [5.41, 5.74) is 0.627. The van der Waals surface area contributed by atoms with Gasteiger partial charge in [0.15, 0.2) is 5.12 Å². The van der Waals surface area contributed by atoms with Crippen LogP contribution >= 0.6 is 11.8 Å². The van der Waals surface area contributed by atoms with Crippen LogP contribution in [0.4, 0.5) is 0 Å². The minimum absolute atomic E-state index is 0.0466. The number of methoxy groups -OCH3 is 1. The summed E-state index contributed by atoms with van der Waals surface area (Å²) in [5, 5.41) is 13.2. The molecule has 3 N–H and O–H groups in total. The molecule has 1 aromatic carbocycles. The Bertz CT molecular complexity index is 1120. The topological polar surface area (TPSA) is 176 Å². The van der Waals surface area contributed by atoms with Crippen LogP contribution in [0.15, 0.2) is 24.3 Å². The van der Waals surface area contributed by atoms with Crippen LogP contribution in [0, 0.1) is 5.92 Å². The molecule has 1 unspecified atom stereocenters. The van der Waals surface area contributed by atoms with Gasteiger partial charge in [-0.15, -0.1) is 0 Å². The van der Waals surface area contributed by atoms with Gasteiger partial charge in [-0.25, -0.2) is 4.79 Å². The minimum Gasteiger partial charge on any atom is -0.480 e. The van der Waals surface area contributed by atoms with E-state index in [1.54, 1.807) is 24.3 Å². The van der Waals surface area contributed by atoms with E-state index in [-0.39, 0.29) is 49.7 Å². The zero-order valence-corrected chi connectivity index (χ0v) is 23.7. The third-order valence-corrected chi connectivity index (χ3v) is 7.21. The van der Waals surface area contributed by atoms with E-state index < -0.39 is 52.9 Å². The van der Waals surface area contributed by atoms with Gasteiger partial charge in [0.1, 0.15) is 12.1 Å². The number of carbonyl (C=O) groups excluding carboxylic acids is 6. The molecule has 40 heavy (non-hydrogen) atoms. The number of esters is 1. The molecule has 12 nitrogen and oxygen atoms in total. The highest BCUT2D eigenvalue weighted by atomic mass is 32.2. The number of hydrogen-bond donors (Lipinski definition) is 3. The maximum Gasteiger partial charge on any atom is 0.326 e. The van der Waals surface area contributed by atoms with E-state index in [9.17, 15) is 38.7 Å². The van der Waals surface area contributed by atoms with Crippen LogP contribution in [0.1, 0.15) is 73.6 Å². The summed E-state index contributed by atoms with van der Waals surface area (Å²) in [4.78, 5) is 87.4. The van der Waals surface area contributed by atoms with Gasteiger partial charge >= 0.3 is 11.9 Å². The van der Waals surface area contributed by atoms with Crippen molar-refractivity contribution in [3.63, 3.8) is 0 Å². The number of carbonyl (C=O) groups is 7. The van der Waals surface area contributed by atoms with Gasteiger partial charge in [0.25, 0.3) is 11.8 Å². The Morgan fingerprint density at radius 3 is 2.02 bits per heavy atom. The van der Waals surface area contributed by atoms with Crippen LogP contribution in [0.2, 0.25) is 0 Å². The van der Waals surface area contributed by atoms with E-state index >= 15 is 0 Å². The summed E-state index contributed by atoms with van der Waals surface area (Å²) < 4.78 is 4.52. The lowest BCUT2D eigenvalue weighted by Gasteiger charge is -2.25. The summed E-state index contributed by atoms with van der Waals surface area (Å²) in [5.74, 6) is -4.21. The molecule has 0 spiro atoms. The predicted molar refractivity (Wildman–Crippen MR) is 145 cm³/mol. The molecular formula is C27H35N3O9S. The molecule has 0 fully saturated rings. The fourth-order valence-electron chi connectivity index (χ4n) is 4.18. The molecule has 218 valence electrons. The lowest BCUT2D eigenvalue weighted by molar-refractivity contribution is -0.144. The highest BCUT2D eigenvalue weighted by Gasteiger charge is 2.35. The molecule has 0 aromatic heterocycles. The first-order valence-electron chi connectivity index (χ1n) is 12.9. The smallest absolute Gasteiger partial charge is 0.326 e. The Labute approximate surface area is 236 Å². The number of aliphatic carboxylic acids is 1. The third-order valence-electron chi connectivity index (χ3n) is 6.15. The lowest BCUT2D eigenvalue weighted by atomic mass is 10.0. The number of carboxylic acids is 1. The second-order valence-corrected chi connectivity index (χ2v) is 11.1. The second-order valence-electron chi connectivity index (χ2n) is 9.75. The fourth-order valence-corrected chi connectivity index (χ4v) is 5.04. The van der Waals surface area contributed by atoms with Crippen molar-refractivity contribution in [3.8, 4) is 0 Å². The van der Waals surface area contributed by atoms with Crippen molar-refractivity contribution in [1.82, 2.24) is 15.5 Å². The Kier molecular flexibility index (Phi) is 12.3. The van der Waals surface area contributed by atoms with Gasteiger partial charge in [-0.05, 0) is 43.7 Å². The van der Waals surface area contributed by atoms with Gasteiger partial charge in [-0.3, -0.25) is 33.7 Å². The number of fused-ring (bicyclic) bond motifs is 1. The molecular weight excluding hydrogens is 542 g/mol. The molecule has 1 aliphatic rings. The molecule has 0 saturated carbocycles. The maximum absolute atomic E-state index is 13.2. The summed E-state index contributed by atoms with van der Waals surface area (Å²) >= 11 is 0.768. The molecule has 1 heterocycles. The average molecular weight is 578 g/mol. The average Bonchev–Trinajstić information content (AvgIpc) is 3.13.